The molecule has 1 aliphatic rings. The highest BCUT2D eigenvalue weighted by molar-refractivity contribution is 5.85. The zero-order chi connectivity index (χ0) is 17.5. The van der Waals surface area contributed by atoms with Crippen LogP contribution < -0.4 is 0 Å². The smallest absolute Gasteiger partial charge is 0.394 e. The van der Waals surface area contributed by atoms with Crippen molar-refractivity contribution in [1.82, 2.24) is 14.7 Å². The van der Waals surface area contributed by atoms with Crippen LogP contribution in [0.2, 0.25) is 0 Å². The van der Waals surface area contributed by atoms with Gasteiger partial charge >= 0.3 is 12.1 Å². The van der Waals surface area contributed by atoms with Crippen molar-refractivity contribution in [2.45, 2.75) is 26.4 Å². The number of nitrogens with zero attached hydrogens (tertiary/aromatic N) is 3. The van der Waals surface area contributed by atoms with E-state index in [-0.39, 0.29) is 31.2 Å². The number of aromatic nitrogens is 2. The number of amides is 1. The van der Waals surface area contributed by atoms with E-state index in [1.165, 1.54) is 0 Å². The molecule has 1 aromatic heterocycles. The molecule has 11 heteroatoms. The van der Waals surface area contributed by atoms with Gasteiger partial charge in [-0.1, -0.05) is 0 Å². The highest BCUT2D eigenvalue weighted by Crippen LogP contribution is 2.38. The predicted octanol–water partition coefficient (Wildman–Crippen LogP) is 2.14. The molecule has 0 aliphatic carbocycles. The van der Waals surface area contributed by atoms with Gasteiger partial charge in [0.1, 0.15) is 0 Å². The number of hydrogen-bond acceptors (Lipinski definition) is 3. The van der Waals surface area contributed by atoms with E-state index in [0.717, 1.165) is 10.6 Å². The number of carbonyl (C=O) groups is 2. The van der Waals surface area contributed by atoms with Gasteiger partial charge in [-0.05, 0) is 13.8 Å². The number of aryl methyl sites for hydroxylation is 2. The first-order valence-electron chi connectivity index (χ1n) is 7.08. The third kappa shape index (κ3) is 4.78. The molecule has 6 nitrogen and oxygen atoms in total. The Morgan fingerprint density at radius 3 is 2.16 bits per heavy atom. The van der Waals surface area contributed by atoms with Gasteiger partial charge in [0.2, 0.25) is 5.91 Å². The molecule has 0 bridgehead atoms. The van der Waals surface area contributed by atoms with Gasteiger partial charge in [-0.25, -0.2) is 0 Å². The van der Waals surface area contributed by atoms with Crippen LogP contribution in [0.5, 0.6) is 0 Å². The van der Waals surface area contributed by atoms with Crippen molar-refractivity contribution in [2.24, 2.45) is 18.9 Å². The number of hydrogen-bond donors (Lipinski definition) is 1. The third-order valence-corrected chi connectivity index (χ3v) is 4.40. The van der Waals surface area contributed by atoms with E-state index < -0.39 is 43.0 Å². The Labute approximate surface area is 155 Å². The van der Waals surface area contributed by atoms with Crippen LogP contribution in [0.25, 0.3) is 0 Å². The average Bonchev–Trinajstić information content (AvgIpc) is 2.96. The summed E-state index contributed by atoms with van der Waals surface area (Å²) in [6.45, 7) is 2.46. The number of carboxylic acid groups (broad SMARTS) is 1. The minimum atomic E-state index is -4.64. The van der Waals surface area contributed by atoms with Gasteiger partial charge in [-0.3, -0.25) is 14.3 Å². The maximum Gasteiger partial charge on any atom is 0.394 e. The molecule has 25 heavy (non-hydrogen) atoms. The first-order valence-corrected chi connectivity index (χ1v) is 7.08. The van der Waals surface area contributed by atoms with Gasteiger partial charge in [0.25, 0.3) is 0 Å². The monoisotopic (exact) mass is 405 g/mol. The normalized spacial score (nSPS) is 20.0. The molecule has 2 atom stereocenters. The van der Waals surface area contributed by atoms with Crippen LogP contribution in [0, 0.1) is 25.7 Å². The molecule has 1 aromatic rings. The van der Waals surface area contributed by atoms with Crippen LogP contribution in [0.1, 0.15) is 17.0 Å². The fraction of sp³-hybridized carbons (Fsp3) is 0.643. The van der Waals surface area contributed by atoms with Crippen molar-refractivity contribution in [3.63, 3.8) is 0 Å². The number of aliphatic carboxylic acids is 1. The lowest BCUT2D eigenvalue weighted by molar-refractivity contribution is -0.188. The Hall–Kier alpha value is -1.48. The van der Waals surface area contributed by atoms with Gasteiger partial charge in [-0.2, -0.15) is 18.3 Å². The lowest BCUT2D eigenvalue weighted by Crippen LogP contribution is -2.34. The summed E-state index contributed by atoms with van der Waals surface area (Å²) in [7, 11) is 1.71. The molecule has 2 rings (SSSR count). The minimum Gasteiger partial charge on any atom is -0.481 e. The van der Waals surface area contributed by atoms with Crippen LogP contribution in [0.4, 0.5) is 13.2 Å². The minimum absolute atomic E-state index is 0. The second kappa shape index (κ2) is 8.27. The molecule has 0 saturated carbocycles. The van der Waals surface area contributed by atoms with Crippen LogP contribution in [-0.2, 0) is 23.1 Å². The quantitative estimate of drug-likeness (QED) is 0.835. The van der Waals surface area contributed by atoms with Crippen LogP contribution >= 0.6 is 24.8 Å². The van der Waals surface area contributed by atoms with E-state index in [4.69, 9.17) is 5.11 Å². The number of rotatable bonds is 3. The van der Waals surface area contributed by atoms with Gasteiger partial charge in [-0.15, -0.1) is 24.8 Å². The lowest BCUT2D eigenvalue weighted by Gasteiger charge is -2.18. The standard InChI is InChI=1S/C14H18F3N3O3.2ClH/c1-7-9(8(2)19(3)18-7)4-12(21)20-5-10(13(22)23)11(6-20)14(15,16)17;;/h10-11H,4-6H2,1-3H3,(H,22,23);2*1H/t10-,11-;;/m1../s1. The van der Waals surface area contributed by atoms with Crippen molar-refractivity contribution in [3.8, 4) is 0 Å². The maximum atomic E-state index is 13.0. The van der Waals surface area contributed by atoms with Crippen molar-refractivity contribution in [2.75, 3.05) is 13.1 Å². The molecular weight excluding hydrogens is 386 g/mol. The Balaban J connectivity index is 0.00000288. The number of halogens is 5. The van der Waals surface area contributed by atoms with Crippen LogP contribution in [0.15, 0.2) is 0 Å². The van der Waals surface area contributed by atoms with Gasteiger partial charge in [0, 0.05) is 31.4 Å². The molecule has 144 valence electrons. The Bertz CT molecular complexity index is 649. The molecule has 0 unspecified atom stereocenters. The summed E-state index contributed by atoms with van der Waals surface area (Å²) >= 11 is 0. The Kier molecular flexibility index (Phi) is 7.78. The zero-order valence-corrected chi connectivity index (χ0v) is 15.5. The molecule has 1 fully saturated rings. The highest BCUT2D eigenvalue weighted by Gasteiger charge is 2.53. The molecule has 0 radical (unpaired) electrons. The van der Waals surface area contributed by atoms with E-state index in [1.807, 2.05) is 0 Å². The number of alkyl halides is 3. The maximum absolute atomic E-state index is 13.0. The van der Waals surface area contributed by atoms with Gasteiger partial charge in [0.15, 0.2) is 0 Å². The molecular formula is C14H20Cl2F3N3O3. The molecule has 0 spiro atoms. The van der Waals surface area contributed by atoms with Crippen LogP contribution in [-0.4, -0.2) is 50.9 Å². The molecule has 1 aliphatic heterocycles. The average molecular weight is 406 g/mol. The van der Waals surface area contributed by atoms with Crippen LogP contribution in [0.3, 0.4) is 0 Å². The Morgan fingerprint density at radius 2 is 1.80 bits per heavy atom. The second-order valence-electron chi connectivity index (χ2n) is 5.84. The third-order valence-electron chi connectivity index (χ3n) is 4.40. The van der Waals surface area contributed by atoms with Crippen molar-refractivity contribution >= 4 is 36.7 Å². The summed E-state index contributed by atoms with van der Waals surface area (Å²) in [6, 6.07) is 0. The molecule has 1 N–H and O–H groups in total. The molecule has 1 amide bonds. The fourth-order valence-corrected chi connectivity index (χ4v) is 2.93. The predicted molar refractivity (Wildman–Crippen MR) is 88.1 cm³/mol. The highest BCUT2D eigenvalue weighted by atomic mass is 35.5. The van der Waals surface area contributed by atoms with E-state index in [9.17, 15) is 22.8 Å². The topological polar surface area (TPSA) is 75.4 Å². The lowest BCUT2D eigenvalue weighted by atomic mass is 9.96. The summed E-state index contributed by atoms with van der Waals surface area (Å²) in [5.74, 6) is -5.69. The number of likely N-dealkylation sites (tertiary alicyclic amines) is 1. The Morgan fingerprint density at radius 1 is 1.24 bits per heavy atom. The first kappa shape index (κ1) is 23.5. The van der Waals surface area contributed by atoms with Crippen molar-refractivity contribution < 1.29 is 27.9 Å². The summed E-state index contributed by atoms with van der Waals surface area (Å²) in [5, 5.41) is 13.1. The van der Waals surface area contributed by atoms with E-state index in [1.54, 1.807) is 25.6 Å². The number of carboxylic acids is 1. The largest absolute Gasteiger partial charge is 0.481 e. The second-order valence-corrected chi connectivity index (χ2v) is 5.84. The summed E-state index contributed by atoms with van der Waals surface area (Å²) < 4.78 is 40.5. The number of carbonyl (C=O) groups excluding carboxylic acids is 1. The van der Waals surface area contributed by atoms with E-state index in [0.29, 0.717) is 11.3 Å². The first-order chi connectivity index (χ1) is 10.5. The van der Waals surface area contributed by atoms with Gasteiger partial charge < -0.3 is 10.0 Å². The molecule has 1 saturated heterocycles. The van der Waals surface area contributed by atoms with Crippen molar-refractivity contribution in [3.05, 3.63) is 17.0 Å². The zero-order valence-electron chi connectivity index (χ0n) is 13.8. The summed E-state index contributed by atoms with van der Waals surface area (Å²) in [5.41, 5.74) is 2.07. The van der Waals surface area contributed by atoms with Gasteiger partial charge in [0.05, 0.1) is 24.0 Å². The van der Waals surface area contributed by atoms with Crippen molar-refractivity contribution in [1.29, 1.82) is 0 Å². The van der Waals surface area contributed by atoms with E-state index >= 15 is 0 Å². The van der Waals surface area contributed by atoms with E-state index in [2.05, 4.69) is 5.10 Å². The SMILES string of the molecule is Cc1nn(C)c(C)c1CC(=O)N1C[C@@H](C(F)(F)F)[C@H](C(=O)O)C1.Cl.Cl. The summed E-state index contributed by atoms with van der Waals surface area (Å²) in [6.07, 6.45) is -4.72. The summed E-state index contributed by atoms with van der Waals surface area (Å²) in [4.78, 5) is 24.3. The molecule has 0 aromatic carbocycles. The fourth-order valence-electron chi connectivity index (χ4n) is 2.93. The molecule has 2 heterocycles.